The van der Waals surface area contributed by atoms with Gasteiger partial charge in [-0.3, -0.25) is 4.79 Å². The van der Waals surface area contributed by atoms with Gasteiger partial charge in [0.2, 0.25) is 5.91 Å². The molecule has 0 spiro atoms. The number of hydrogen-bond donors (Lipinski definition) is 3. The lowest BCUT2D eigenvalue weighted by Crippen LogP contribution is -2.35. The lowest BCUT2D eigenvalue weighted by Gasteiger charge is -2.10. The zero-order valence-corrected chi connectivity index (χ0v) is 16.1. The van der Waals surface area contributed by atoms with Crippen LogP contribution in [0.3, 0.4) is 0 Å². The number of carbonyl (C=O) groups excluding carboxylic acids is 2. The summed E-state index contributed by atoms with van der Waals surface area (Å²) in [5.41, 5.74) is 1.78. The maximum Gasteiger partial charge on any atom is 0.319 e. The van der Waals surface area contributed by atoms with Gasteiger partial charge in [0.25, 0.3) is 0 Å². The highest BCUT2D eigenvalue weighted by Crippen LogP contribution is 2.21. The quantitative estimate of drug-likeness (QED) is 0.576. The molecule has 1 aromatic heterocycles. The molecular weight excluding hydrogens is 378 g/mol. The minimum absolute atomic E-state index is 0.104. The topological polar surface area (TPSA) is 75.2 Å². The zero-order valence-electron chi connectivity index (χ0n) is 16.1. The molecule has 0 aliphatic carbocycles. The highest BCUT2D eigenvalue weighted by molar-refractivity contribution is 5.97. The van der Waals surface area contributed by atoms with Crippen LogP contribution in [0.25, 0.3) is 10.9 Å². The largest absolute Gasteiger partial charge is 0.347 e. The number of aromatic nitrogens is 1. The molecule has 3 rings (SSSR count). The number of hydrogen-bond acceptors (Lipinski definition) is 2. The van der Waals surface area contributed by atoms with Crippen molar-refractivity contribution in [1.29, 1.82) is 0 Å². The van der Waals surface area contributed by atoms with Crippen LogP contribution in [0.15, 0.2) is 48.7 Å². The Morgan fingerprint density at radius 2 is 1.69 bits per heavy atom. The summed E-state index contributed by atoms with van der Waals surface area (Å²) in [5, 5.41) is 8.47. The van der Waals surface area contributed by atoms with E-state index in [2.05, 4.69) is 34.4 Å². The molecule has 0 aliphatic rings. The molecule has 3 aromatic rings. The van der Waals surface area contributed by atoms with Crippen molar-refractivity contribution in [2.24, 2.45) is 5.92 Å². The molecule has 6 nitrogen and oxygen atoms in total. The summed E-state index contributed by atoms with van der Waals surface area (Å²) in [7, 11) is 0. The first-order valence-corrected chi connectivity index (χ1v) is 9.20. The van der Waals surface area contributed by atoms with Crippen LogP contribution in [0, 0.1) is 17.6 Å². The van der Waals surface area contributed by atoms with Gasteiger partial charge in [0.1, 0.15) is 0 Å². The molecule has 152 valence electrons. The Hall–Kier alpha value is -3.42. The molecule has 0 aliphatic heterocycles. The van der Waals surface area contributed by atoms with E-state index in [1.54, 1.807) is 6.07 Å². The van der Waals surface area contributed by atoms with Crippen LogP contribution >= 0.6 is 0 Å². The van der Waals surface area contributed by atoms with Crippen molar-refractivity contribution in [1.82, 2.24) is 9.88 Å². The van der Waals surface area contributed by atoms with Gasteiger partial charge in [0.15, 0.2) is 11.6 Å². The number of anilines is 2. The number of carbonyl (C=O) groups is 2. The van der Waals surface area contributed by atoms with E-state index in [0.717, 1.165) is 29.6 Å². The summed E-state index contributed by atoms with van der Waals surface area (Å²) in [6.07, 6.45) is 2.01. The van der Waals surface area contributed by atoms with Crippen molar-refractivity contribution in [3.8, 4) is 0 Å². The Balaban J connectivity index is 1.53. The number of halogens is 2. The highest BCUT2D eigenvalue weighted by Gasteiger charge is 2.09. The second-order valence-corrected chi connectivity index (χ2v) is 7.12. The van der Waals surface area contributed by atoms with Crippen molar-refractivity contribution in [3.63, 3.8) is 0 Å². The Morgan fingerprint density at radius 3 is 2.41 bits per heavy atom. The number of urea groups is 1. The third-order valence-electron chi connectivity index (χ3n) is 4.20. The molecule has 3 N–H and O–H groups in total. The Labute approximate surface area is 166 Å². The van der Waals surface area contributed by atoms with Gasteiger partial charge in [-0.2, -0.15) is 0 Å². The molecule has 0 bridgehead atoms. The molecule has 0 unspecified atom stereocenters. The monoisotopic (exact) mass is 400 g/mol. The Kier molecular flexibility index (Phi) is 6.11. The predicted octanol–water partition coefficient (Wildman–Crippen LogP) is 4.34. The van der Waals surface area contributed by atoms with Gasteiger partial charge < -0.3 is 20.5 Å². The fourth-order valence-corrected chi connectivity index (χ4v) is 2.95. The number of rotatable bonds is 6. The first-order valence-electron chi connectivity index (χ1n) is 9.20. The van der Waals surface area contributed by atoms with E-state index in [1.807, 2.05) is 24.4 Å². The van der Waals surface area contributed by atoms with Crippen LogP contribution in [0.5, 0.6) is 0 Å². The Bertz CT molecular complexity index is 1050. The molecule has 0 fully saturated rings. The summed E-state index contributed by atoms with van der Waals surface area (Å²) in [6, 6.07) is 10.0. The first-order chi connectivity index (χ1) is 13.8. The molecule has 29 heavy (non-hydrogen) atoms. The van der Waals surface area contributed by atoms with Gasteiger partial charge in [-0.25, -0.2) is 13.6 Å². The normalized spacial score (nSPS) is 10.9. The third kappa shape index (κ3) is 5.31. The highest BCUT2D eigenvalue weighted by atomic mass is 19.2. The molecule has 0 saturated heterocycles. The maximum absolute atomic E-state index is 13.2. The summed E-state index contributed by atoms with van der Waals surface area (Å²) in [6.45, 7) is 4.88. The summed E-state index contributed by atoms with van der Waals surface area (Å²) in [5.74, 6) is -2.11. The SMILES string of the molecule is CC(C)Cn1ccc2cc(NC(=O)NCC(=O)Nc3ccc(F)c(F)c3)ccc21. The van der Waals surface area contributed by atoms with Gasteiger partial charge in [-0.1, -0.05) is 13.8 Å². The number of benzene rings is 2. The van der Waals surface area contributed by atoms with E-state index in [9.17, 15) is 18.4 Å². The lowest BCUT2D eigenvalue weighted by molar-refractivity contribution is -0.115. The van der Waals surface area contributed by atoms with Crippen LogP contribution in [0.4, 0.5) is 25.0 Å². The fraction of sp³-hybridized carbons (Fsp3) is 0.238. The molecule has 3 amide bonds. The number of amides is 3. The third-order valence-corrected chi connectivity index (χ3v) is 4.20. The molecule has 8 heteroatoms. The van der Waals surface area contributed by atoms with Gasteiger partial charge in [-0.05, 0) is 42.3 Å². The van der Waals surface area contributed by atoms with E-state index < -0.39 is 23.6 Å². The molecule has 1 heterocycles. The number of fused-ring (bicyclic) bond motifs is 1. The van der Waals surface area contributed by atoms with Gasteiger partial charge in [-0.15, -0.1) is 0 Å². The summed E-state index contributed by atoms with van der Waals surface area (Å²) >= 11 is 0. The van der Waals surface area contributed by atoms with Crippen LogP contribution in [-0.4, -0.2) is 23.1 Å². The first kappa shape index (κ1) is 20.3. The van der Waals surface area contributed by atoms with Crippen molar-refractivity contribution in [2.45, 2.75) is 20.4 Å². The number of nitrogens with zero attached hydrogens (tertiary/aromatic N) is 1. The average Bonchev–Trinajstić information content (AvgIpc) is 3.04. The molecule has 2 aromatic carbocycles. The zero-order chi connectivity index (χ0) is 21.0. The molecule has 0 saturated carbocycles. The van der Waals surface area contributed by atoms with Crippen molar-refractivity contribution >= 4 is 34.2 Å². The molecular formula is C21H22F2N4O2. The molecule has 0 atom stereocenters. The Morgan fingerprint density at radius 1 is 0.966 bits per heavy atom. The van der Waals surface area contributed by atoms with E-state index in [4.69, 9.17) is 0 Å². The van der Waals surface area contributed by atoms with Crippen LogP contribution in [0.2, 0.25) is 0 Å². The van der Waals surface area contributed by atoms with E-state index in [1.165, 1.54) is 6.07 Å². The van der Waals surface area contributed by atoms with Gasteiger partial charge in [0, 0.05) is 41.1 Å². The fourth-order valence-electron chi connectivity index (χ4n) is 2.95. The minimum atomic E-state index is -1.06. The van der Waals surface area contributed by atoms with Gasteiger partial charge >= 0.3 is 6.03 Å². The lowest BCUT2D eigenvalue weighted by atomic mass is 10.2. The van der Waals surface area contributed by atoms with Crippen LogP contribution in [-0.2, 0) is 11.3 Å². The van der Waals surface area contributed by atoms with E-state index in [0.29, 0.717) is 11.6 Å². The van der Waals surface area contributed by atoms with Crippen LogP contribution < -0.4 is 16.0 Å². The second kappa shape index (κ2) is 8.72. The smallest absolute Gasteiger partial charge is 0.319 e. The second-order valence-electron chi connectivity index (χ2n) is 7.12. The standard InChI is InChI=1S/C21H22F2N4O2/c1-13(2)12-27-8-7-14-9-15(4-6-19(14)27)26-21(29)24-11-20(28)25-16-3-5-17(22)18(23)10-16/h3-10,13H,11-12H2,1-2H3,(H,25,28)(H2,24,26,29). The minimum Gasteiger partial charge on any atom is -0.347 e. The van der Waals surface area contributed by atoms with Gasteiger partial charge in [0.05, 0.1) is 6.54 Å². The van der Waals surface area contributed by atoms with Crippen molar-refractivity contribution < 1.29 is 18.4 Å². The van der Waals surface area contributed by atoms with Crippen LogP contribution in [0.1, 0.15) is 13.8 Å². The average molecular weight is 400 g/mol. The van der Waals surface area contributed by atoms with E-state index >= 15 is 0 Å². The summed E-state index contributed by atoms with van der Waals surface area (Å²) < 4.78 is 28.2. The molecule has 0 radical (unpaired) electrons. The van der Waals surface area contributed by atoms with Crippen molar-refractivity contribution in [2.75, 3.05) is 17.2 Å². The summed E-state index contributed by atoms with van der Waals surface area (Å²) in [4.78, 5) is 23.9. The number of nitrogens with one attached hydrogen (secondary N) is 3. The maximum atomic E-state index is 13.2. The predicted molar refractivity (Wildman–Crippen MR) is 109 cm³/mol. The van der Waals surface area contributed by atoms with Crippen molar-refractivity contribution in [3.05, 3.63) is 60.3 Å². The van der Waals surface area contributed by atoms with E-state index in [-0.39, 0.29) is 12.2 Å².